The molecule has 0 atom stereocenters. The van der Waals surface area contributed by atoms with E-state index in [9.17, 15) is 9.90 Å². The normalized spacial score (nSPS) is 10.2. The van der Waals surface area contributed by atoms with Crippen LogP contribution in [0.5, 0.6) is 5.75 Å². The van der Waals surface area contributed by atoms with Gasteiger partial charge in [-0.15, -0.1) is 0 Å². The Morgan fingerprint density at radius 2 is 1.36 bits per heavy atom. The largest absolute Gasteiger partial charge is 0.508 e. The average molecular weight is 332 g/mol. The molecule has 0 saturated heterocycles. The summed E-state index contributed by atoms with van der Waals surface area (Å²) in [5.41, 5.74) is 2.69. The molecule has 0 heterocycles. The second kappa shape index (κ2) is 8.02. The third-order valence-electron chi connectivity index (χ3n) is 3.82. The van der Waals surface area contributed by atoms with E-state index in [1.54, 1.807) is 23.1 Å². The Balaban J connectivity index is 1.78. The van der Waals surface area contributed by atoms with Crippen LogP contribution in [-0.2, 0) is 13.1 Å². The van der Waals surface area contributed by atoms with E-state index in [0.717, 1.165) is 11.1 Å². The van der Waals surface area contributed by atoms with Crippen molar-refractivity contribution in [2.24, 2.45) is 0 Å². The highest BCUT2D eigenvalue weighted by Gasteiger charge is 2.15. The van der Waals surface area contributed by atoms with Gasteiger partial charge in [0, 0.05) is 24.8 Å². The monoisotopic (exact) mass is 332 g/mol. The number of aromatic hydroxyl groups is 1. The molecule has 0 saturated carbocycles. The Bertz CT molecular complexity index is 778. The molecule has 0 fully saturated rings. The number of hydrogen-bond acceptors (Lipinski definition) is 2. The van der Waals surface area contributed by atoms with Crippen LogP contribution in [0.1, 0.15) is 11.1 Å². The summed E-state index contributed by atoms with van der Waals surface area (Å²) in [6, 6.07) is 26.1. The molecule has 126 valence electrons. The fraction of sp³-hybridized carbons (Fsp3) is 0.0952. The van der Waals surface area contributed by atoms with Gasteiger partial charge < -0.3 is 15.3 Å². The summed E-state index contributed by atoms with van der Waals surface area (Å²) in [6.45, 7) is 1.00. The van der Waals surface area contributed by atoms with Crippen molar-refractivity contribution in [2.45, 2.75) is 13.1 Å². The minimum atomic E-state index is -0.210. The van der Waals surface area contributed by atoms with E-state index >= 15 is 0 Å². The van der Waals surface area contributed by atoms with Gasteiger partial charge in [-0.1, -0.05) is 66.7 Å². The molecule has 0 spiro atoms. The molecular formula is C21H20N2O2. The Hall–Kier alpha value is -3.27. The number of benzene rings is 3. The highest BCUT2D eigenvalue weighted by molar-refractivity contribution is 5.89. The Labute approximate surface area is 147 Å². The third kappa shape index (κ3) is 4.85. The van der Waals surface area contributed by atoms with Gasteiger partial charge in [0.1, 0.15) is 5.75 Å². The van der Waals surface area contributed by atoms with Crippen molar-refractivity contribution in [1.29, 1.82) is 0 Å². The number of phenolic OH excluding ortho intramolecular Hbond substituents is 1. The number of rotatable bonds is 5. The molecule has 25 heavy (non-hydrogen) atoms. The van der Waals surface area contributed by atoms with E-state index in [1.807, 2.05) is 60.7 Å². The van der Waals surface area contributed by atoms with Gasteiger partial charge in [-0.3, -0.25) is 0 Å². The molecule has 0 aromatic heterocycles. The van der Waals surface area contributed by atoms with Crippen LogP contribution in [0.15, 0.2) is 84.9 Å². The number of anilines is 1. The van der Waals surface area contributed by atoms with Crippen LogP contribution in [0.4, 0.5) is 10.5 Å². The molecule has 0 radical (unpaired) electrons. The second-order valence-corrected chi connectivity index (χ2v) is 5.81. The van der Waals surface area contributed by atoms with Crippen molar-refractivity contribution in [3.05, 3.63) is 96.1 Å². The summed E-state index contributed by atoms with van der Waals surface area (Å²) in [4.78, 5) is 14.5. The zero-order valence-electron chi connectivity index (χ0n) is 13.8. The Morgan fingerprint density at radius 1 is 0.800 bits per heavy atom. The van der Waals surface area contributed by atoms with E-state index in [-0.39, 0.29) is 11.8 Å². The highest BCUT2D eigenvalue weighted by atomic mass is 16.3. The first-order chi connectivity index (χ1) is 12.2. The lowest BCUT2D eigenvalue weighted by molar-refractivity contribution is 0.206. The topological polar surface area (TPSA) is 52.6 Å². The summed E-state index contributed by atoms with van der Waals surface area (Å²) in [7, 11) is 0. The van der Waals surface area contributed by atoms with Crippen molar-refractivity contribution in [2.75, 3.05) is 5.32 Å². The molecule has 4 nitrogen and oxygen atoms in total. The molecule has 0 aliphatic heterocycles. The van der Waals surface area contributed by atoms with Crippen molar-refractivity contribution in [3.8, 4) is 5.75 Å². The van der Waals surface area contributed by atoms with Gasteiger partial charge in [0.2, 0.25) is 0 Å². The molecule has 4 heteroatoms. The van der Waals surface area contributed by atoms with Crippen LogP contribution in [0.3, 0.4) is 0 Å². The number of carbonyl (C=O) groups is 1. The molecular weight excluding hydrogens is 312 g/mol. The van der Waals surface area contributed by atoms with Gasteiger partial charge in [-0.2, -0.15) is 0 Å². The summed E-state index contributed by atoms with van der Waals surface area (Å²) < 4.78 is 0. The summed E-state index contributed by atoms with van der Waals surface area (Å²) in [5, 5.41) is 12.4. The predicted octanol–water partition coefficient (Wildman–Crippen LogP) is 4.63. The number of nitrogens with one attached hydrogen (secondary N) is 1. The first-order valence-electron chi connectivity index (χ1n) is 8.13. The number of amides is 2. The van der Waals surface area contributed by atoms with E-state index in [4.69, 9.17) is 0 Å². The lowest BCUT2D eigenvalue weighted by Crippen LogP contribution is -2.34. The maximum absolute atomic E-state index is 12.8. The molecule has 2 N–H and O–H groups in total. The van der Waals surface area contributed by atoms with Crippen molar-refractivity contribution >= 4 is 11.7 Å². The van der Waals surface area contributed by atoms with Gasteiger partial charge in [0.25, 0.3) is 0 Å². The number of phenols is 1. The summed E-state index contributed by atoms with van der Waals surface area (Å²) in [6.07, 6.45) is 0. The standard InChI is InChI=1S/C21H20N2O2/c24-20-13-7-12-19(14-20)22-21(25)23(15-17-8-3-1-4-9-17)16-18-10-5-2-6-11-18/h1-14,24H,15-16H2,(H,22,25). The van der Waals surface area contributed by atoms with Crippen LogP contribution in [0.2, 0.25) is 0 Å². The zero-order valence-corrected chi connectivity index (χ0v) is 13.8. The first-order valence-corrected chi connectivity index (χ1v) is 8.13. The zero-order chi connectivity index (χ0) is 17.5. The van der Waals surface area contributed by atoms with E-state index < -0.39 is 0 Å². The molecule has 0 bridgehead atoms. The summed E-state index contributed by atoms with van der Waals surface area (Å²) >= 11 is 0. The van der Waals surface area contributed by atoms with Crippen LogP contribution in [0.25, 0.3) is 0 Å². The number of carbonyl (C=O) groups excluding carboxylic acids is 1. The number of nitrogens with zero attached hydrogens (tertiary/aromatic N) is 1. The van der Waals surface area contributed by atoms with E-state index in [2.05, 4.69) is 5.32 Å². The van der Waals surface area contributed by atoms with Crippen LogP contribution in [0, 0.1) is 0 Å². The predicted molar refractivity (Wildman–Crippen MR) is 99.3 cm³/mol. The van der Waals surface area contributed by atoms with Gasteiger partial charge in [0.05, 0.1) is 0 Å². The first kappa shape index (κ1) is 16.6. The van der Waals surface area contributed by atoms with Gasteiger partial charge in [-0.05, 0) is 23.3 Å². The van der Waals surface area contributed by atoms with E-state index in [0.29, 0.717) is 18.8 Å². The Morgan fingerprint density at radius 3 is 1.88 bits per heavy atom. The number of urea groups is 1. The van der Waals surface area contributed by atoms with Gasteiger partial charge in [0.15, 0.2) is 0 Å². The third-order valence-corrected chi connectivity index (χ3v) is 3.82. The average Bonchev–Trinajstić information content (AvgIpc) is 2.63. The molecule has 0 unspecified atom stereocenters. The van der Waals surface area contributed by atoms with Crippen LogP contribution < -0.4 is 5.32 Å². The van der Waals surface area contributed by atoms with Gasteiger partial charge >= 0.3 is 6.03 Å². The molecule has 3 aromatic carbocycles. The summed E-state index contributed by atoms with van der Waals surface area (Å²) in [5.74, 6) is 0.121. The number of hydrogen-bond donors (Lipinski definition) is 2. The quantitative estimate of drug-likeness (QED) is 0.716. The van der Waals surface area contributed by atoms with E-state index in [1.165, 1.54) is 6.07 Å². The second-order valence-electron chi connectivity index (χ2n) is 5.81. The Kier molecular flexibility index (Phi) is 5.32. The molecule has 3 rings (SSSR count). The molecule has 3 aromatic rings. The van der Waals surface area contributed by atoms with Crippen LogP contribution >= 0.6 is 0 Å². The minimum Gasteiger partial charge on any atom is -0.508 e. The molecule has 0 aliphatic carbocycles. The highest BCUT2D eigenvalue weighted by Crippen LogP contribution is 2.17. The van der Waals surface area contributed by atoms with Crippen molar-refractivity contribution in [3.63, 3.8) is 0 Å². The SMILES string of the molecule is O=C(Nc1cccc(O)c1)N(Cc1ccccc1)Cc1ccccc1. The fourth-order valence-electron chi connectivity index (χ4n) is 2.59. The lowest BCUT2D eigenvalue weighted by Gasteiger charge is -2.23. The fourth-order valence-corrected chi connectivity index (χ4v) is 2.59. The van der Waals surface area contributed by atoms with Crippen molar-refractivity contribution in [1.82, 2.24) is 4.90 Å². The maximum atomic E-state index is 12.8. The maximum Gasteiger partial charge on any atom is 0.322 e. The minimum absolute atomic E-state index is 0.121. The van der Waals surface area contributed by atoms with Crippen LogP contribution in [-0.4, -0.2) is 16.0 Å². The lowest BCUT2D eigenvalue weighted by atomic mass is 10.2. The van der Waals surface area contributed by atoms with Gasteiger partial charge in [-0.25, -0.2) is 4.79 Å². The molecule has 0 aliphatic rings. The smallest absolute Gasteiger partial charge is 0.322 e. The van der Waals surface area contributed by atoms with Crippen molar-refractivity contribution < 1.29 is 9.90 Å². The molecule has 2 amide bonds.